The molecule has 1 aliphatic carbocycles. The first-order chi connectivity index (χ1) is 9.70. The van der Waals surface area contributed by atoms with E-state index in [0.29, 0.717) is 6.04 Å². The first-order valence-electron chi connectivity index (χ1n) is 7.92. The van der Waals surface area contributed by atoms with Crippen LogP contribution in [0.1, 0.15) is 31.7 Å². The molecule has 0 aromatic heterocycles. The van der Waals surface area contributed by atoms with E-state index in [1.807, 2.05) is 12.1 Å². The third kappa shape index (κ3) is 3.80. The Hall–Kier alpha value is -0.930. The van der Waals surface area contributed by atoms with E-state index in [1.165, 1.54) is 37.9 Å². The Labute approximate surface area is 121 Å². The molecule has 1 N–H and O–H groups in total. The predicted molar refractivity (Wildman–Crippen MR) is 80.3 cm³/mol. The number of rotatable bonds is 6. The second-order valence-corrected chi connectivity index (χ2v) is 6.52. The molecule has 0 radical (unpaired) electrons. The SMILES string of the molecule is CC(Cc1ccc(F)cc1)NCC1CCN(C2CC2)C1. The summed E-state index contributed by atoms with van der Waals surface area (Å²) in [6.45, 7) is 5.91. The standard InChI is InChI=1S/C17H25FN2/c1-13(10-14-2-4-16(18)5-3-14)19-11-15-8-9-20(12-15)17-6-7-17/h2-5,13,15,17,19H,6-12H2,1H3. The fraction of sp³-hybridized carbons (Fsp3) is 0.647. The van der Waals surface area contributed by atoms with Crippen LogP contribution in [0.25, 0.3) is 0 Å². The fourth-order valence-electron chi connectivity index (χ4n) is 3.21. The maximum Gasteiger partial charge on any atom is 0.123 e. The van der Waals surface area contributed by atoms with Crippen LogP contribution in [0.15, 0.2) is 24.3 Å². The van der Waals surface area contributed by atoms with E-state index in [0.717, 1.165) is 24.9 Å². The number of nitrogens with zero attached hydrogens (tertiary/aromatic N) is 1. The summed E-state index contributed by atoms with van der Waals surface area (Å²) in [5.74, 6) is 0.659. The highest BCUT2D eigenvalue weighted by molar-refractivity contribution is 5.17. The molecule has 110 valence electrons. The third-order valence-corrected chi connectivity index (χ3v) is 4.59. The summed E-state index contributed by atoms with van der Waals surface area (Å²) in [7, 11) is 0. The number of hydrogen-bond donors (Lipinski definition) is 1. The predicted octanol–water partition coefficient (Wildman–Crippen LogP) is 2.83. The van der Waals surface area contributed by atoms with Crippen LogP contribution in [0, 0.1) is 11.7 Å². The van der Waals surface area contributed by atoms with Crippen molar-refractivity contribution in [3.8, 4) is 0 Å². The molecule has 2 fully saturated rings. The minimum atomic E-state index is -0.152. The number of likely N-dealkylation sites (tertiary alicyclic amines) is 1. The van der Waals surface area contributed by atoms with Crippen molar-refractivity contribution in [1.82, 2.24) is 10.2 Å². The van der Waals surface area contributed by atoms with Crippen LogP contribution < -0.4 is 5.32 Å². The van der Waals surface area contributed by atoms with Crippen molar-refractivity contribution in [3.63, 3.8) is 0 Å². The van der Waals surface area contributed by atoms with E-state index >= 15 is 0 Å². The molecule has 3 heteroatoms. The van der Waals surface area contributed by atoms with Gasteiger partial charge in [0.2, 0.25) is 0 Å². The molecule has 1 saturated heterocycles. The van der Waals surface area contributed by atoms with Crippen LogP contribution >= 0.6 is 0 Å². The summed E-state index contributed by atoms with van der Waals surface area (Å²) in [6, 6.07) is 8.24. The van der Waals surface area contributed by atoms with E-state index in [4.69, 9.17) is 0 Å². The van der Waals surface area contributed by atoms with Crippen molar-refractivity contribution >= 4 is 0 Å². The van der Waals surface area contributed by atoms with Crippen molar-refractivity contribution < 1.29 is 4.39 Å². The molecule has 2 nitrogen and oxygen atoms in total. The van der Waals surface area contributed by atoms with E-state index in [2.05, 4.69) is 17.1 Å². The van der Waals surface area contributed by atoms with Crippen molar-refractivity contribution in [2.75, 3.05) is 19.6 Å². The highest BCUT2D eigenvalue weighted by atomic mass is 19.1. The molecule has 2 aliphatic rings. The number of halogens is 1. The smallest absolute Gasteiger partial charge is 0.123 e. The van der Waals surface area contributed by atoms with Gasteiger partial charge in [-0.05, 0) is 69.3 Å². The largest absolute Gasteiger partial charge is 0.314 e. The van der Waals surface area contributed by atoms with Crippen LogP contribution in [-0.4, -0.2) is 36.6 Å². The van der Waals surface area contributed by atoms with Gasteiger partial charge in [0, 0.05) is 18.6 Å². The summed E-state index contributed by atoms with van der Waals surface area (Å²) in [4.78, 5) is 2.66. The lowest BCUT2D eigenvalue weighted by atomic mass is 10.1. The molecule has 0 amide bonds. The van der Waals surface area contributed by atoms with Crippen LogP contribution in [-0.2, 0) is 6.42 Å². The lowest BCUT2D eigenvalue weighted by Gasteiger charge is -2.18. The lowest BCUT2D eigenvalue weighted by Crippen LogP contribution is -2.34. The summed E-state index contributed by atoms with van der Waals surface area (Å²) in [5.41, 5.74) is 1.21. The maximum atomic E-state index is 12.9. The molecule has 1 heterocycles. The second kappa shape index (κ2) is 6.23. The van der Waals surface area contributed by atoms with Crippen LogP contribution in [0.3, 0.4) is 0 Å². The van der Waals surface area contributed by atoms with Gasteiger partial charge in [0.05, 0.1) is 0 Å². The average Bonchev–Trinajstić information content (AvgIpc) is 3.18. The normalized spacial score (nSPS) is 25.0. The zero-order chi connectivity index (χ0) is 13.9. The monoisotopic (exact) mass is 276 g/mol. The molecule has 1 aromatic carbocycles. The summed E-state index contributed by atoms with van der Waals surface area (Å²) >= 11 is 0. The van der Waals surface area contributed by atoms with Crippen molar-refractivity contribution in [1.29, 1.82) is 0 Å². The van der Waals surface area contributed by atoms with E-state index in [-0.39, 0.29) is 5.82 Å². The molecular weight excluding hydrogens is 251 g/mol. The van der Waals surface area contributed by atoms with Gasteiger partial charge in [-0.2, -0.15) is 0 Å². The maximum absolute atomic E-state index is 12.9. The average molecular weight is 276 g/mol. The molecular formula is C17H25FN2. The Bertz CT molecular complexity index is 427. The highest BCUT2D eigenvalue weighted by Gasteiger charge is 2.34. The van der Waals surface area contributed by atoms with Gasteiger partial charge in [0.15, 0.2) is 0 Å². The summed E-state index contributed by atoms with van der Waals surface area (Å²) in [5, 5.41) is 3.65. The van der Waals surface area contributed by atoms with E-state index < -0.39 is 0 Å². The van der Waals surface area contributed by atoms with Gasteiger partial charge in [-0.1, -0.05) is 12.1 Å². The Morgan fingerprint density at radius 2 is 2.00 bits per heavy atom. The molecule has 1 saturated carbocycles. The van der Waals surface area contributed by atoms with Gasteiger partial charge in [0.1, 0.15) is 5.82 Å². The number of hydrogen-bond acceptors (Lipinski definition) is 2. The van der Waals surface area contributed by atoms with Gasteiger partial charge in [-0.15, -0.1) is 0 Å². The van der Waals surface area contributed by atoms with E-state index in [1.54, 1.807) is 12.1 Å². The first kappa shape index (κ1) is 14.0. The molecule has 1 aliphatic heterocycles. The van der Waals surface area contributed by atoms with Crippen LogP contribution in [0.4, 0.5) is 4.39 Å². The quantitative estimate of drug-likeness (QED) is 0.859. The van der Waals surface area contributed by atoms with Gasteiger partial charge in [-0.3, -0.25) is 0 Å². The molecule has 2 unspecified atom stereocenters. The Kier molecular flexibility index (Phi) is 4.37. The summed E-state index contributed by atoms with van der Waals surface area (Å²) in [6.07, 6.45) is 5.15. The van der Waals surface area contributed by atoms with Crippen molar-refractivity contribution in [2.24, 2.45) is 5.92 Å². The lowest BCUT2D eigenvalue weighted by molar-refractivity contribution is 0.309. The molecule has 0 spiro atoms. The van der Waals surface area contributed by atoms with Crippen molar-refractivity contribution in [2.45, 2.75) is 44.7 Å². The first-order valence-corrected chi connectivity index (χ1v) is 7.92. The van der Waals surface area contributed by atoms with E-state index in [9.17, 15) is 4.39 Å². The minimum Gasteiger partial charge on any atom is -0.314 e. The Morgan fingerprint density at radius 1 is 1.25 bits per heavy atom. The topological polar surface area (TPSA) is 15.3 Å². The molecule has 3 rings (SSSR count). The minimum absolute atomic E-state index is 0.152. The molecule has 1 aromatic rings. The molecule has 0 bridgehead atoms. The number of benzene rings is 1. The van der Waals surface area contributed by atoms with Gasteiger partial charge >= 0.3 is 0 Å². The van der Waals surface area contributed by atoms with Crippen LogP contribution in [0.2, 0.25) is 0 Å². The molecule has 20 heavy (non-hydrogen) atoms. The zero-order valence-electron chi connectivity index (χ0n) is 12.3. The number of nitrogens with one attached hydrogen (secondary N) is 1. The zero-order valence-corrected chi connectivity index (χ0v) is 12.3. The highest BCUT2D eigenvalue weighted by Crippen LogP contribution is 2.31. The van der Waals surface area contributed by atoms with Crippen LogP contribution in [0.5, 0.6) is 0 Å². The van der Waals surface area contributed by atoms with Crippen molar-refractivity contribution in [3.05, 3.63) is 35.6 Å². The van der Waals surface area contributed by atoms with Gasteiger partial charge < -0.3 is 10.2 Å². The van der Waals surface area contributed by atoms with Gasteiger partial charge in [-0.25, -0.2) is 4.39 Å². The van der Waals surface area contributed by atoms with Gasteiger partial charge in [0.25, 0.3) is 0 Å². The Balaban J connectivity index is 1.38. The summed E-state index contributed by atoms with van der Waals surface area (Å²) < 4.78 is 12.9. The second-order valence-electron chi connectivity index (χ2n) is 6.52. The molecule has 2 atom stereocenters. The Morgan fingerprint density at radius 3 is 2.70 bits per heavy atom. The fourth-order valence-corrected chi connectivity index (χ4v) is 3.21. The third-order valence-electron chi connectivity index (χ3n) is 4.59.